The molecule has 0 bridgehead atoms. The van der Waals surface area contributed by atoms with E-state index >= 15 is 0 Å². The van der Waals surface area contributed by atoms with Crippen LogP contribution in [-0.2, 0) is 20.2 Å². The van der Waals surface area contributed by atoms with Gasteiger partial charge in [-0.25, -0.2) is 4.98 Å². The molecule has 1 N–H and O–H groups in total. The van der Waals surface area contributed by atoms with E-state index in [0.29, 0.717) is 0 Å². The lowest BCUT2D eigenvalue weighted by Gasteiger charge is -2.18. The van der Waals surface area contributed by atoms with Gasteiger partial charge in [-0.3, -0.25) is 4.68 Å². The summed E-state index contributed by atoms with van der Waals surface area (Å²) in [5.74, 6) is 0.864. The molecule has 5 heteroatoms. The van der Waals surface area contributed by atoms with Crippen LogP contribution < -0.4 is 4.90 Å². The summed E-state index contributed by atoms with van der Waals surface area (Å²) in [6.45, 7) is 2.72. The first kappa shape index (κ1) is 12.6. The summed E-state index contributed by atoms with van der Waals surface area (Å²) in [7, 11) is 3.88. The van der Waals surface area contributed by atoms with Crippen LogP contribution in [0.3, 0.4) is 0 Å². The lowest BCUT2D eigenvalue weighted by atomic mass is 10.2. The third-order valence-corrected chi connectivity index (χ3v) is 2.75. The minimum absolute atomic E-state index is 0.0388. The molecule has 2 aromatic rings. The van der Waals surface area contributed by atoms with Crippen LogP contribution in [0.5, 0.6) is 0 Å². The molecule has 0 saturated heterocycles. The maximum Gasteiger partial charge on any atom is 0.129 e. The van der Waals surface area contributed by atoms with Gasteiger partial charge in [-0.2, -0.15) is 5.10 Å². The molecule has 0 aliphatic carbocycles. The number of aliphatic hydroxyl groups excluding tert-OH is 1. The van der Waals surface area contributed by atoms with E-state index in [1.807, 2.05) is 50.4 Å². The molecule has 2 rings (SSSR count). The summed E-state index contributed by atoms with van der Waals surface area (Å²) >= 11 is 0. The van der Waals surface area contributed by atoms with Gasteiger partial charge in [-0.05, 0) is 24.6 Å². The van der Waals surface area contributed by atoms with Gasteiger partial charge >= 0.3 is 0 Å². The zero-order valence-electron chi connectivity index (χ0n) is 11.0. The Morgan fingerprint density at radius 2 is 2.11 bits per heavy atom. The Balaban J connectivity index is 2.17. The van der Waals surface area contributed by atoms with Crippen LogP contribution in [0, 0.1) is 6.92 Å². The molecule has 2 heterocycles. The number of anilines is 1. The van der Waals surface area contributed by atoms with Gasteiger partial charge in [0.1, 0.15) is 5.82 Å². The normalized spacial score (nSPS) is 10.7. The number of hydrogen-bond donors (Lipinski definition) is 1. The van der Waals surface area contributed by atoms with Crippen molar-refractivity contribution in [3.63, 3.8) is 0 Å². The molecule has 0 amide bonds. The highest BCUT2D eigenvalue weighted by Crippen LogP contribution is 2.16. The van der Waals surface area contributed by atoms with E-state index in [4.69, 9.17) is 0 Å². The number of aromatic nitrogens is 3. The van der Waals surface area contributed by atoms with E-state index in [1.165, 1.54) is 0 Å². The zero-order chi connectivity index (χ0) is 13.1. The number of nitrogens with zero attached hydrogens (tertiary/aromatic N) is 4. The Morgan fingerprint density at radius 3 is 2.72 bits per heavy atom. The smallest absolute Gasteiger partial charge is 0.129 e. The number of aliphatic hydroxyl groups is 1. The first-order valence-corrected chi connectivity index (χ1v) is 5.85. The van der Waals surface area contributed by atoms with E-state index < -0.39 is 0 Å². The maximum atomic E-state index is 9.20. The molecule has 0 radical (unpaired) electrons. The summed E-state index contributed by atoms with van der Waals surface area (Å²) in [5.41, 5.74) is 2.93. The highest BCUT2D eigenvalue weighted by Gasteiger charge is 2.07. The molecule has 0 saturated carbocycles. The van der Waals surface area contributed by atoms with Gasteiger partial charge in [0.05, 0.1) is 12.8 Å². The molecular weight excluding hydrogens is 228 g/mol. The van der Waals surface area contributed by atoms with Crippen LogP contribution in [0.15, 0.2) is 24.5 Å². The van der Waals surface area contributed by atoms with Crippen molar-refractivity contribution < 1.29 is 5.11 Å². The largest absolute Gasteiger partial charge is 0.392 e. The van der Waals surface area contributed by atoms with Crippen molar-refractivity contribution >= 4 is 5.82 Å². The molecule has 0 aliphatic rings. The van der Waals surface area contributed by atoms with Gasteiger partial charge in [0.15, 0.2) is 0 Å². The molecule has 96 valence electrons. The van der Waals surface area contributed by atoms with E-state index in [9.17, 15) is 5.11 Å². The second kappa shape index (κ2) is 5.18. The van der Waals surface area contributed by atoms with Crippen molar-refractivity contribution in [2.75, 3.05) is 11.9 Å². The monoisotopic (exact) mass is 246 g/mol. The van der Waals surface area contributed by atoms with Gasteiger partial charge in [-0.15, -0.1) is 0 Å². The number of hydrogen-bond acceptors (Lipinski definition) is 4. The molecule has 0 aliphatic heterocycles. The predicted molar refractivity (Wildman–Crippen MR) is 70.2 cm³/mol. The average molecular weight is 246 g/mol. The maximum absolute atomic E-state index is 9.20. The van der Waals surface area contributed by atoms with Crippen LogP contribution in [0.25, 0.3) is 0 Å². The van der Waals surface area contributed by atoms with Gasteiger partial charge < -0.3 is 10.0 Å². The standard InChI is InChI=1S/C13H18N4O/c1-10-4-11(9-18)5-13(15-10)16(2)7-12-6-14-17(3)8-12/h4-6,8,18H,7,9H2,1-3H3. The average Bonchev–Trinajstić information content (AvgIpc) is 2.73. The molecular formula is C13H18N4O. The lowest BCUT2D eigenvalue weighted by Crippen LogP contribution is -2.18. The topological polar surface area (TPSA) is 54.2 Å². The minimum Gasteiger partial charge on any atom is -0.392 e. The van der Waals surface area contributed by atoms with Crippen molar-refractivity contribution in [3.8, 4) is 0 Å². The van der Waals surface area contributed by atoms with Gasteiger partial charge in [0.2, 0.25) is 0 Å². The fraction of sp³-hybridized carbons (Fsp3) is 0.385. The molecule has 18 heavy (non-hydrogen) atoms. The lowest BCUT2D eigenvalue weighted by molar-refractivity contribution is 0.281. The van der Waals surface area contributed by atoms with Crippen molar-refractivity contribution in [2.45, 2.75) is 20.1 Å². The van der Waals surface area contributed by atoms with Crippen LogP contribution >= 0.6 is 0 Å². The van der Waals surface area contributed by atoms with E-state index in [-0.39, 0.29) is 6.61 Å². The number of rotatable bonds is 4. The van der Waals surface area contributed by atoms with E-state index in [0.717, 1.165) is 29.2 Å². The molecule has 0 unspecified atom stereocenters. The number of pyridine rings is 1. The highest BCUT2D eigenvalue weighted by atomic mass is 16.3. The van der Waals surface area contributed by atoms with Crippen LogP contribution in [-0.4, -0.2) is 26.9 Å². The summed E-state index contributed by atoms with van der Waals surface area (Å²) in [5, 5.41) is 13.3. The van der Waals surface area contributed by atoms with E-state index in [1.54, 1.807) is 4.68 Å². The van der Waals surface area contributed by atoms with Gasteiger partial charge in [0.25, 0.3) is 0 Å². The second-order valence-corrected chi connectivity index (χ2v) is 4.51. The zero-order valence-corrected chi connectivity index (χ0v) is 11.0. The van der Waals surface area contributed by atoms with Crippen LogP contribution in [0.1, 0.15) is 16.8 Å². The Bertz CT molecular complexity index is 536. The van der Waals surface area contributed by atoms with Crippen LogP contribution in [0.4, 0.5) is 5.82 Å². The summed E-state index contributed by atoms with van der Waals surface area (Å²) < 4.78 is 1.78. The molecule has 2 aromatic heterocycles. The fourth-order valence-electron chi connectivity index (χ4n) is 1.92. The summed E-state index contributed by atoms with van der Waals surface area (Å²) in [4.78, 5) is 6.52. The Kier molecular flexibility index (Phi) is 3.62. The van der Waals surface area contributed by atoms with Crippen molar-refractivity contribution in [2.24, 2.45) is 7.05 Å². The Labute approximate surface area is 107 Å². The molecule has 0 fully saturated rings. The van der Waals surface area contributed by atoms with Gasteiger partial charge in [0, 0.05) is 38.1 Å². The van der Waals surface area contributed by atoms with Gasteiger partial charge in [-0.1, -0.05) is 0 Å². The molecule has 0 aromatic carbocycles. The predicted octanol–water partition coefficient (Wildman–Crippen LogP) is 1.25. The van der Waals surface area contributed by atoms with Crippen molar-refractivity contribution in [1.82, 2.24) is 14.8 Å². The molecule has 0 atom stereocenters. The minimum atomic E-state index is 0.0388. The fourth-order valence-corrected chi connectivity index (χ4v) is 1.92. The summed E-state index contributed by atoms with van der Waals surface area (Å²) in [6, 6.07) is 3.80. The first-order chi connectivity index (χ1) is 8.58. The van der Waals surface area contributed by atoms with Crippen LogP contribution in [0.2, 0.25) is 0 Å². The molecule has 0 spiro atoms. The second-order valence-electron chi connectivity index (χ2n) is 4.51. The molecule has 5 nitrogen and oxygen atoms in total. The van der Waals surface area contributed by atoms with Crippen molar-refractivity contribution in [3.05, 3.63) is 41.3 Å². The summed E-state index contributed by atoms with van der Waals surface area (Å²) in [6.07, 6.45) is 3.83. The quantitative estimate of drug-likeness (QED) is 0.882. The highest BCUT2D eigenvalue weighted by molar-refractivity contribution is 5.42. The third kappa shape index (κ3) is 2.87. The Hall–Kier alpha value is -1.88. The SMILES string of the molecule is Cc1cc(CO)cc(N(C)Cc2cnn(C)c2)n1. The Morgan fingerprint density at radius 1 is 1.33 bits per heavy atom. The third-order valence-electron chi connectivity index (χ3n) is 2.75. The number of aryl methyl sites for hydroxylation is 2. The van der Waals surface area contributed by atoms with Crippen molar-refractivity contribution in [1.29, 1.82) is 0 Å². The van der Waals surface area contributed by atoms with E-state index in [2.05, 4.69) is 10.1 Å². The first-order valence-electron chi connectivity index (χ1n) is 5.85.